The highest BCUT2D eigenvalue weighted by atomic mass is 35.5. The van der Waals surface area contributed by atoms with Gasteiger partial charge >= 0.3 is 0 Å². The maximum atomic E-state index is 15.4. The van der Waals surface area contributed by atoms with Gasteiger partial charge in [0.05, 0.1) is 5.69 Å². The number of amides is 2. The molecule has 3 aromatic heterocycles. The molecule has 0 aliphatic heterocycles. The van der Waals surface area contributed by atoms with E-state index in [4.69, 9.17) is 27.9 Å². The molecule has 2 N–H and O–H groups in total. The second-order valence-electron chi connectivity index (χ2n) is 12.3. The molecule has 0 radical (unpaired) electrons. The number of ether oxygens (including phenoxy) is 1. The Hall–Kier alpha value is -2.65. The van der Waals surface area contributed by atoms with Crippen molar-refractivity contribution < 1.29 is 22.9 Å². The molecule has 0 saturated heterocycles. The number of pyridine rings is 1. The topological polar surface area (TPSA) is 133 Å². The van der Waals surface area contributed by atoms with Gasteiger partial charge < -0.3 is 15.4 Å². The Morgan fingerprint density at radius 2 is 1.85 bits per heavy atom. The van der Waals surface area contributed by atoms with Crippen LogP contribution in [-0.4, -0.2) is 78.1 Å². The van der Waals surface area contributed by atoms with E-state index in [9.17, 15) is 13.8 Å². The van der Waals surface area contributed by atoms with Crippen molar-refractivity contribution in [3.8, 4) is 11.1 Å². The van der Waals surface area contributed by atoms with Crippen LogP contribution in [0.15, 0.2) is 24.4 Å². The fraction of sp³-hybridized carbons (Fsp3) is 0.567. The van der Waals surface area contributed by atoms with Gasteiger partial charge in [-0.1, -0.05) is 19.6 Å². The molecule has 2 amide bonds. The van der Waals surface area contributed by atoms with Crippen LogP contribution in [0, 0.1) is 19.8 Å². The first kappa shape index (κ1) is 37.8. The zero-order valence-corrected chi connectivity index (χ0v) is 30.6. The lowest BCUT2D eigenvalue weighted by atomic mass is 10.1. The van der Waals surface area contributed by atoms with Gasteiger partial charge in [-0.3, -0.25) is 18.5 Å². The first-order valence-corrected chi connectivity index (χ1v) is 21.5. The van der Waals surface area contributed by atoms with Gasteiger partial charge in [-0.15, -0.1) is 23.2 Å². The Morgan fingerprint density at radius 3 is 2.50 bits per heavy atom. The molecule has 0 aliphatic carbocycles. The lowest BCUT2D eigenvalue weighted by Gasteiger charge is -2.19. The number of carbonyl (C=O) groups is 2. The van der Waals surface area contributed by atoms with E-state index in [0.29, 0.717) is 49.4 Å². The SMILES string of the molecule is Cc1nn(COCC[Si](C)(C)C)c(C)c1-c1ccc(NC(=O)[C@H](CCCC(Cl)Cl)NC(=O)c2ccnn2CCCS(C)=O)nc1F. The van der Waals surface area contributed by atoms with Crippen molar-refractivity contribution in [3.05, 3.63) is 47.4 Å². The minimum Gasteiger partial charge on any atom is -0.360 e. The number of rotatable bonds is 18. The molecule has 0 aliphatic rings. The van der Waals surface area contributed by atoms with Crippen LogP contribution in [0.3, 0.4) is 0 Å². The van der Waals surface area contributed by atoms with Gasteiger partial charge in [-0.05, 0) is 63.8 Å². The minimum atomic E-state index is -1.23. The number of hydrogen-bond acceptors (Lipinski definition) is 7. The highest BCUT2D eigenvalue weighted by molar-refractivity contribution is 7.84. The first-order chi connectivity index (χ1) is 21.7. The number of anilines is 1. The second kappa shape index (κ2) is 17.5. The van der Waals surface area contributed by atoms with Gasteiger partial charge in [0.15, 0.2) is 0 Å². The summed E-state index contributed by atoms with van der Waals surface area (Å²) in [6.07, 6.45) is 4.76. The molecule has 3 heterocycles. The number of aryl methyl sites for hydroxylation is 2. The third-order valence-corrected chi connectivity index (χ3v) is 10.3. The van der Waals surface area contributed by atoms with Crippen molar-refractivity contribution in [3.63, 3.8) is 0 Å². The summed E-state index contributed by atoms with van der Waals surface area (Å²) in [6.45, 7) is 11.8. The van der Waals surface area contributed by atoms with Crippen molar-refractivity contribution in [2.75, 3.05) is 23.9 Å². The molecule has 0 bridgehead atoms. The third kappa shape index (κ3) is 11.5. The lowest BCUT2D eigenvalue weighted by molar-refractivity contribution is -0.118. The van der Waals surface area contributed by atoms with E-state index >= 15 is 4.39 Å². The maximum absolute atomic E-state index is 15.4. The highest BCUT2D eigenvalue weighted by Gasteiger charge is 2.25. The standard InChI is InChI=1S/C30H44Cl2FN7O4SSi/c1-20-27(21(2)40(38-20)19-44-16-18-46(4,5)6)22-11-12-26(36-28(22)33)37-29(41)23(9-7-10-25(31)32)35-30(42)24-13-14-34-39(24)15-8-17-45(3)43/h11-14,23,25H,7-10,15-19H2,1-6H3,(H,35,42)(H,36,37,41)/t23-,45?/m0/s1. The van der Waals surface area contributed by atoms with Crippen molar-refractivity contribution >= 4 is 59.7 Å². The molecule has 0 fully saturated rings. The van der Waals surface area contributed by atoms with E-state index in [0.717, 1.165) is 11.7 Å². The fourth-order valence-corrected chi connectivity index (χ4v) is 6.35. The Bertz CT molecular complexity index is 1510. The van der Waals surface area contributed by atoms with Gasteiger partial charge in [-0.25, -0.2) is 9.67 Å². The zero-order valence-electron chi connectivity index (χ0n) is 27.2. The van der Waals surface area contributed by atoms with E-state index < -0.39 is 47.5 Å². The van der Waals surface area contributed by atoms with Crippen LogP contribution in [-0.2, 0) is 33.6 Å². The fourth-order valence-electron chi connectivity index (χ4n) is 4.74. The molecule has 16 heteroatoms. The van der Waals surface area contributed by atoms with Gasteiger partial charge in [0.1, 0.15) is 29.1 Å². The molecule has 0 saturated carbocycles. The molecule has 3 aromatic rings. The number of carbonyl (C=O) groups excluding carboxylic acids is 2. The van der Waals surface area contributed by atoms with Crippen LogP contribution in [0.25, 0.3) is 11.1 Å². The van der Waals surface area contributed by atoms with E-state index in [1.165, 1.54) is 16.9 Å². The molecular weight excluding hydrogens is 672 g/mol. The number of hydrogen-bond donors (Lipinski definition) is 2. The molecule has 46 heavy (non-hydrogen) atoms. The number of nitrogens with zero attached hydrogens (tertiary/aromatic N) is 5. The van der Waals surface area contributed by atoms with Gasteiger partial charge in [0.2, 0.25) is 11.9 Å². The van der Waals surface area contributed by atoms with Crippen molar-refractivity contribution in [1.29, 1.82) is 0 Å². The predicted molar refractivity (Wildman–Crippen MR) is 184 cm³/mol. The summed E-state index contributed by atoms with van der Waals surface area (Å²) in [4.78, 5) is 29.9. The summed E-state index contributed by atoms with van der Waals surface area (Å²) in [5.41, 5.74) is 2.49. The average Bonchev–Trinajstić information content (AvgIpc) is 3.53. The third-order valence-electron chi connectivity index (χ3n) is 7.25. The summed E-state index contributed by atoms with van der Waals surface area (Å²) >= 11 is 11.8. The molecule has 254 valence electrons. The van der Waals surface area contributed by atoms with E-state index in [-0.39, 0.29) is 30.2 Å². The molecule has 1 unspecified atom stereocenters. The Balaban J connectivity index is 1.72. The summed E-state index contributed by atoms with van der Waals surface area (Å²) in [6, 6.07) is 4.65. The van der Waals surface area contributed by atoms with Crippen molar-refractivity contribution in [1.82, 2.24) is 29.9 Å². The molecule has 0 spiro atoms. The van der Waals surface area contributed by atoms with Crippen LogP contribution in [0.1, 0.15) is 47.6 Å². The maximum Gasteiger partial charge on any atom is 0.270 e. The quantitative estimate of drug-likeness (QED) is 0.0749. The van der Waals surface area contributed by atoms with Gasteiger partial charge in [-0.2, -0.15) is 14.6 Å². The zero-order chi connectivity index (χ0) is 34.0. The summed E-state index contributed by atoms with van der Waals surface area (Å²) in [5, 5.41) is 14.1. The Kier molecular flexibility index (Phi) is 14.4. The number of aromatic nitrogens is 5. The Labute approximate surface area is 283 Å². The monoisotopic (exact) mass is 715 g/mol. The highest BCUT2D eigenvalue weighted by Crippen LogP contribution is 2.29. The predicted octanol–water partition coefficient (Wildman–Crippen LogP) is 5.69. The molecule has 0 aromatic carbocycles. The molecule has 3 rings (SSSR count). The number of nitrogens with one attached hydrogen (secondary N) is 2. The van der Waals surface area contributed by atoms with Crippen LogP contribution in [0.2, 0.25) is 25.7 Å². The first-order valence-electron chi connectivity index (χ1n) is 15.2. The molecular formula is C30H44Cl2FN7O4SSi. The van der Waals surface area contributed by atoms with Crippen molar-refractivity contribution in [2.24, 2.45) is 0 Å². The van der Waals surface area contributed by atoms with Crippen LogP contribution in [0.4, 0.5) is 10.2 Å². The van der Waals surface area contributed by atoms with Crippen LogP contribution < -0.4 is 10.6 Å². The molecule has 11 nitrogen and oxygen atoms in total. The smallest absolute Gasteiger partial charge is 0.270 e. The lowest BCUT2D eigenvalue weighted by Crippen LogP contribution is -2.44. The summed E-state index contributed by atoms with van der Waals surface area (Å²) in [5.74, 6) is -1.38. The minimum absolute atomic E-state index is 0.00644. The number of halogens is 3. The van der Waals surface area contributed by atoms with E-state index in [2.05, 4.69) is 45.5 Å². The molecule has 2 atom stereocenters. The number of alkyl halides is 2. The van der Waals surface area contributed by atoms with Crippen molar-refractivity contribution in [2.45, 2.75) is 89.4 Å². The van der Waals surface area contributed by atoms with Crippen LogP contribution >= 0.6 is 23.2 Å². The van der Waals surface area contributed by atoms with E-state index in [1.54, 1.807) is 30.0 Å². The summed E-state index contributed by atoms with van der Waals surface area (Å²) < 4.78 is 35.9. The largest absolute Gasteiger partial charge is 0.360 e. The van der Waals surface area contributed by atoms with Gasteiger partial charge in [0, 0.05) is 67.1 Å². The average molecular weight is 717 g/mol. The summed E-state index contributed by atoms with van der Waals surface area (Å²) in [7, 11) is -2.19. The second-order valence-corrected chi connectivity index (χ2v) is 20.8. The van der Waals surface area contributed by atoms with E-state index in [1.807, 2.05) is 6.92 Å². The normalized spacial score (nSPS) is 13.2. The Morgan fingerprint density at radius 1 is 1.11 bits per heavy atom. The van der Waals surface area contributed by atoms with Gasteiger partial charge in [0.25, 0.3) is 5.91 Å². The van der Waals surface area contributed by atoms with Crippen LogP contribution in [0.5, 0.6) is 0 Å².